The van der Waals surface area contributed by atoms with Crippen LogP contribution in [0.4, 0.5) is 11.4 Å². The Balaban J connectivity index is 1.90. The average molecular weight is 261 g/mol. The number of hydrogen-bond acceptors (Lipinski definition) is 3. The lowest BCUT2D eigenvalue weighted by molar-refractivity contribution is -0.114. The minimum Gasteiger partial charge on any atom is -0.385 e. The summed E-state index contributed by atoms with van der Waals surface area (Å²) in [6.45, 7) is 6.84. The molecule has 1 heterocycles. The fourth-order valence-corrected chi connectivity index (χ4v) is 2.45. The van der Waals surface area contributed by atoms with Crippen LogP contribution in [-0.4, -0.2) is 25.5 Å². The van der Waals surface area contributed by atoms with Gasteiger partial charge in [-0.15, -0.1) is 0 Å². The van der Waals surface area contributed by atoms with Crippen LogP contribution in [0.25, 0.3) is 0 Å². The lowest BCUT2D eigenvalue weighted by atomic mass is 9.98. The Morgan fingerprint density at radius 2 is 2.11 bits per heavy atom. The molecule has 4 heteroatoms. The number of carbonyl (C=O) groups excluding carboxylic acids is 1. The monoisotopic (exact) mass is 261 g/mol. The first-order valence-corrected chi connectivity index (χ1v) is 6.98. The SMILES string of the molecule is CC(=O)Nc1ccc(NCC2CCNCC2)cc1C. The van der Waals surface area contributed by atoms with Crippen LogP contribution in [0.15, 0.2) is 18.2 Å². The Hall–Kier alpha value is -1.55. The molecule has 4 nitrogen and oxygen atoms in total. The summed E-state index contributed by atoms with van der Waals surface area (Å²) in [4.78, 5) is 11.0. The van der Waals surface area contributed by atoms with E-state index in [1.807, 2.05) is 19.1 Å². The fraction of sp³-hybridized carbons (Fsp3) is 0.533. The van der Waals surface area contributed by atoms with Gasteiger partial charge in [0.15, 0.2) is 0 Å². The predicted molar refractivity (Wildman–Crippen MR) is 79.6 cm³/mol. The van der Waals surface area contributed by atoms with Crippen molar-refractivity contribution in [2.45, 2.75) is 26.7 Å². The quantitative estimate of drug-likeness (QED) is 0.780. The van der Waals surface area contributed by atoms with Crippen LogP contribution < -0.4 is 16.0 Å². The first-order chi connectivity index (χ1) is 9.15. The second kappa shape index (κ2) is 6.57. The fourth-order valence-electron chi connectivity index (χ4n) is 2.45. The first-order valence-electron chi connectivity index (χ1n) is 6.98. The number of hydrogen-bond donors (Lipinski definition) is 3. The molecule has 0 spiro atoms. The third-order valence-corrected chi connectivity index (χ3v) is 3.59. The average Bonchev–Trinajstić information content (AvgIpc) is 2.40. The topological polar surface area (TPSA) is 53.2 Å². The molecule has 1 aliphatic heterocycles. The number of piperidine rings is 1. The number of rotatable bonds is 4. The van der Waals surface area contributed by atoms with Gasteiger partial charge in [0.1, 0.15) is 0 Å². The third kappa shape index (κ3) is 4.24. The van der Waals surface area contributed by atoms with Crippen LogP contribution in [0, 0.1) is 12.8 Å². The Morgan fingerprint density at radius 3 is 2.74 bits per heavy atom. The number of benzene rings is 1. The molecule has 0 unspecified atom stereocenters. The molecule has 104 valence electrons. The molecule has 19 heavy (non-hydrogen) atoms. The minimum atomic E-state index is -0.0292. The Morgan fingerprint density at radius 1 is 1.37 bits per heavy atom. The number of amides is 1. The van der Waals surface area contributed by atoms with E-state index in [1.165, 1.54) is 19.8 Å². The zero-order chi connectivity index (χ0) is 13.7. The maximum Gasteiger partial charge on any atom is 0.221 e. The summed E-state index contributed by atoms with van der Waals surface area (Å²) in [6.07, 6.45) is 2.49. The maximum atomic E-state index is 11.0. The van der Waals surface area contributed by atoms with Crippen molar-refractivity contribution in [2.24, 2.45) is 5.92 Å². The molecule has 0 atom stereocenters. The molecule has 1 aliphatic rings. The highest BCUT2D eigenvalue weighted by Gasteiger charge is 2.12. The van der Waals surface area contributed by atoms with Crippen LogP contribution in [0.1, 0.15) is 25.3 Å². The smallest absolute Gasteiger partial charge is 0.221 e. The van der Waals surface area contributed by atoms with E-state index in [0.717, 1.165) is 42.5 Å². The van der Waals surface area contributed by atoms with E-state index >= 15 is 0 Å². The van der Waals surface area contributed by atoms with Crippen LogP contribution in [0.2, 0.25) is 0 Å². The van der Waals surface area contributed by atoms with Gasteiger partial charge in [-0.3, -0.25) is 4.79 Å². The second-order valence-electron chi connectivity index (χ2n) is 5.29. The van der Waals surface area contributed by atoms with Gasteiger partial charge >= 0.3 is 0 Å². The van der Waals surface area contributed by atoms with Gasteiger partial charge in [-0.1, -0.05) is 0 Å². The van der Waals surface area contributed by atoms with E-state index in [4.69, 9.17) is 0 Å². The number of aryl methyl sites for hydroxylation is 1. The molecule has 1 aromatic rings. The molecule has 0 aliphatic carbocycles. The summed E-state index contributed by atoms with van der Waals surface area (Å²) in [5.41, 5.74) is 3.11. The van der Waals surface area contributed by atoms with Gasteiger partial charge < -0.3 is 16.0 Å². The van der Waals surface area contributed by atoms with E-state index in [1.54, 1.807) is 0 Å². The zero-order valence-corrected chi connectivity index (χ0v) is 11.8. The van der Waals surface area contributed by atoms with Gasteiger partial charge in [0.05, 0.1) is 0 Å². The molecule has 1 fully saturated rings. The summed E-state index contributed by atoms with van der Waals surface area (Å²) in [6, 6.07) is 6.08. The van der Waals surface area contributed by atoms with Gasteiger partial charge in [-0.2, -0.15) is 0 Å². The van der Waals surface area contributed by atoms with Crippen LogP contribution in [-0.2, 0) is 4.79 Å². The molecule has 1 aromatic carbocycles. The van der Waals surface area contributed by atoms with Gasteiger partial charge in [-0.25, -0.2) is 0 Å². The zero-order valence-electron chi connectivity index (χ0n) is 11.8. The molecule has 0 radical (unpaired) electrons. The first kappa shape index (κ1) is 13.9. The summed E-state index contributed by atoms with van der Waals surface area (Å²) in [7, 11) is 0. The van der Waals surface area contributed by atoms with Crippen LogP contribution >= 0.6 is 0 Å². The summed E-state index contributed by atoms with van der Waals surface area (Å²) in [5, 5.41) is 9.71. The molecule has 1 amide bonds. The van der Waals surface area contributed by atoms with Gasteiger partial charge in [0.2, 0.25) is 5.91 Å². The van der Waals surface area contributed by atoms with Crippen molar-refractivity contribution in [3.8, 4) is 0 Å². The van der Waals surface area contributed by atoms with Crippen molar-refractivity contribution in [1.29, 1.82) is 0 Å². The van der Waals surface area contributed by atoms with E-state index in [2.05, 4.69) is 22.0 Å². The minimum absolute atomic E-state index is 0.0292. The van der Waals surface area contributed by atoms with Gasteiger partial charge in [0.25, 0.3) is 0 Å². The largest absolute Gasteiger partial charge is 0.385 e. The number of carbonyl (C=O) groups is 1. The molecule has 3 N–H and O–H groups in total. The Labute approximate surface area is 115 Å². The highest BCUT2D eigenvalue weighted by molar-refractivity contribution is 5.89. The molecule has 2 rings (SSSR count). The van der Waals surface area contributed by atoms with E-state index in [-0.39, 0.29) is 5.91 Å². The maximum absolute atomic E-state index is 11.0. The molecule has 1 saturated heterocycles. The lowest BCUT2D eigenvalue weighted by Crippen LogP contribution is -2.31. The molecular weight excluding hydrogens is 238 g/mol. The standard InChI is InChI=1S/C15H23N3O/c1-11-9-14(3-4-15(11)18-12(2)19)17-10-13-5-7-16-8-6-13/h3-4,9,13,16-17H,5-8,10H2,1-2H3,(H,18,19). The summed E-state index contributed by atoms with van der Waals surface area (Å²) in [5.74, 6) is 0.732. The lowest BCUT2D eigenvalue weighted by Gasteiger charge is -2.23. The number of anilines is 2. The number of nitrogens with one attached hydrogen (secondary N) is 3. The molecular formula is C15H23N3O. The third-order valence-electron chi connectivity index (χ3n) is 3.59. The highest BCUT2D eigenvalue weighted by Crippen LogP contribution is 2.20. The van der Waals surface area contributed by atoms with Crippen molar-refractivity contribution in [1.82, 2.24) is 5.32 Å². The van der Waals surface area contributed by atoms with Crippen molar-refractivity contribution < 1.29 is 4.79 Å². The van der Waals surface area contributed by atoms with Crippen molar-refractivity contribution >= 4 is 17.3 Å². The molecule has 0 saturated carbocycles. The van der Waals surface area contributed by atoms with E-state index < -0.39 is 0 Å². The van der Waals surface area contributed by atoms with Crippen molar-refractivity contribution in [3.63, 3.8) is 0 Å². The van der Waals surface area contributed by atoms with E-state index in [9.17, 15) is 4.79 Å². The Kier molecular flexibility index (Phi) is 4.80. The van der Waals surface area contributed by atoms with Gasteiger partial charge in [0, 0.05) is 24.8 Å². The highest BCUT2D eigenvalue weighted by atomic mass is 16.1. The van der Waals surface area contributed by atoms with Crippen molar-refractivity contribution in [2.75, 3.05) is 30.3 Å². The van der Waals surface area contributed by atoms with Crippen LogP contribution in [0.3, 0.4) is 0 Å². The predicted octanol–water partition coefficient (Wildman–Crippen LogP) is 2.36. The van der Waals surface area contributed by atoms with Crippen LogP contribution in [0.5, 0.6) is 0 Å². The van der Waals surface area contributed by atoms with Gasteiger partial charge in [-0.05, 0) is 62.5 Å². The van der Waals surface area contributed by atoms with E-state index in [0.29, 0.717) is 0 Å². The van der Waals surface area contributed by atoms with Crippen molar-refractivity contribution in [3.05, 3.63) is 23.8 Å². The Bertz CT molecular complexity index is 439. The second-order valence-corrected chi connectivity index (χ2v) is 5.29. The molecule has 0 aromatic heterocycles. The summed E-state index contributed by atoms with van der Waals surface area (Å²) >= 11 is 0. The summed E-state index contributed by atoms with van der Waals surface area (Å²) < 4.78 is 0. The normalized spacial score (nSPS) is 16.1. The molecule has 0 bridgehead atoms.